The molecular weight excluding hydrogens is 320 g/mol. The Balaban J connectivity index is 1.87. The van der Waals surface area contributed by atoms with Gasteiger partial charge in [0.25, 0.3) is 0 Å². The number of rotatable bonds is 4. The highest BCUT2D eigenvalue weighted by Crippen LogP contribution is 2.30. The smallest absolute Gasteiger partial charge is 0.167 e. The maximum absolute atomic E-state index is 5.48. The van der Waals surface area contributed by atoms with Gasteiger partial charge in [-0.25, -0.2) is 0 Å². The van der Waals surface area contributed by atoms with Gasteiger partial charge in [0.2, 0.25) is 0 Å². The minimum atomic E-state index is 0.126. The number of thiophene rings is 1. The van der Waals surface area contributed by atoms with Crippen molar-refractivity contribution in [2.24, 2.45) is 0 Å². The lowest BCUT2D eigenvalue weighted by molar-refractivity contribution is 0.673. The number of hydrogen-bond acceptors (Lipinski definition) is 2. The SMILES string of the molecule is CC(C)NC(=S)NC(c1ccc2c(c1)CCCC2)c1cccs1. The van der Waals surface area contributed by atoms with Crippen LogP contribution in [0.15, 0.2) is 35.7 Å². The zero-order chi connectivity index (χ0) is 16.2. The summed E-state index contributed by atoms with van der Waals surface area (Å²) in [6, 6.07) is 11.7. The van der Waals surface area contributed by atoms with Crippen molar-refractivity contribution in [3.8, 4) is 0 Å². The molecule has 1 aromatic carbocycles. The van der Waals surface area contributed by atoms with Crippen molar-refractivity contribution in [1.82, 2.24) is 10.6 Å². The van der Waals surface area contributed by atoms with Gasteiger partial charge in [-0.3, -0.25) is 0 Å². The van der Waals surface area contributed by atoms with E-state index in [1.165, 1.54) is 47.3 Å². The molecule has 0 aliphatic heterocycles. The Morgan fingerprint density at radius 2 is 1.87 bits per heavy atom. The largest absolute Gasteiger partial charge is 0.361 e. The molecule has 1 aliphatic rings. The van der Waals surface area contributed by atoms with E-state index in [0.29, 0.717) is 6.04 Å². The summed E-state index contributed by atoms with van der Waals surface area (Å²) in [6.45, 7) is 4.21. The molecule has 4 heteroatoms. The number of nitrogens with one attached hydrogen (secondary N) is 2. The summed E-state index contributed by atoms with van der Waals surface area (Å²) in [5.41, 5.74) is 4.34. The summed E-state index contributed by atoms with van der Waals surface area (Å²) in [5.74, 6) is 0. The first-order valence-electron chi connectivity index (χ1n) is 8.35. The lowest BCUT2D eigenvalue weighted by Crippen LogP contribution is -2.41. The molecule has 2 nitrogen and oxygen atoms in total. The molecule has 0 fully saturated rings. The topological polar surface area (TPSA) is 24.1 Å². The number of hydrogen-bond donors (Lipinski definition) is 2. The van der Waals surface area contributed by atoms with Gasteiger partial charge >= 0.3 is 0 Å². The maximum Gasteiger partial charge on any atom is 0.167 e. The highest BCUT2D eigenvalue weighted by Gasteiger charge is 2.19. The molecule has 1 heterocycles. The van der Waals surface area contributed by atoms with Crippen molar-refractivity contribution in [2.75, 3.05) is 0 Å². The first-order valence-corrected chi connectivity index (χ1v) is 9.64. The van der Waals surface area contributed by atoms with Gasteiger partial charge in [0.1, 0.15) is 0 Å². The molecule has 3 rings (SSSR count). The third kappa shape index (κ3) is 4.12. The zero-order valence-electron chi connectivity index (χ0n) is 13.8. The minimum absolute atomic E-state index is 0.126. The lowest BCUT2D eigenvalue weighted by Gasteiger charge is -2.24. The molecule has 1 atom stereocenters. The van der Waals surface area contributed by atoms with Crippen LogP contribution in [0.3, 0.4) is 0 Å². The Labute approximate surface area is 148 Å². The normalized spacial score (nSPS) is 15.1. The van der Waals surface area contributed by atoms with Crippen LogP contribution in [0.5, 0.6) is 0 Å². The summed E-state index contributed by atoms with van der Waals surface area (Å²) < 4.78 is 0. The third-order valence-electron chi connectivity index (χ3n) is 4.23. The van der Waals surface area contributed by atoms with Crippen LogP contribution in [0.25, 0.3) is 0 Å². The first-order chi connectivity index (χ1) is 11.1. The van der Waals surface area contributed by atoms with Crippen LogP contribution in [0.2, 0.25) is 0 Å². The Bertz CT molecular complexity index is 662. The summed E-state index contributed by atoms with van der Waals surface area (Å²) >= 11 is 7.26. The number of fused-ring (bicyclic) bond motifs is 1. The monoisotopic (exact) mass is 344 g/mol. The number of benzene rings is 1. The fraction of sp³-hybridized carbons (Fsp3) is 0.421. The molecule has 2 aromatic rings. The Morgan fingerprint density at radius 3 is 2.57 bits per heavy atom. The van der Waals surface area contributed by atoms with Gasteiger partial charge in [-0.15, -0.1) is 11.3 Å². The molecule has 1 aromatic heterocycles. The average molecular weight is 345 g/mol. The van der Waals surface area contributed by atoms with E-state index in [2.05, 4.69) is 60.2 Å². The Kier molecular flexibility index (Phi) is 5.34. The molecule has 0 radical (unpaired) electrons. The fourth-order valence-electron chi connectivity index (χ4n) is 3.14. The van der Waals surface area contributed by atoms with Gasteiger partial charge < -0.3 is 10.6 Å². The summed E-state index contributed by atoms with van der Waals surface area (Å²) in [5, 5.41) is 9.64. The predicted octanol–water partition coefficient (Wildman–Crippen LogP) is 4.59. The van der Waals surface area contributed by atoms with E-state index >= 15 is 0 Å². The summed E-state index contributed by atoms with van der Waals surface area (Å²) in [7, 11) is 0. The standard InChI is InChI=1S/C19H24N2S2/c1-13(2)20-19(22)21-18(17-8-5-11-23-17)16-10-9-14-6-3-4-7-15(14)12-16/h5,8-13,18H,3-4,6-7H2,1-2H3,(H2,20,21,22). The van der Waals surface area contributed by atoms with Gasteiger partial charge in [-0.1, -0.05) is 24.3 Å². The number of thiocarbonyl (C=S) groups is 1. The van der Waals surface area contributed by atoms with E-state index in [9.17, 15) is 0 Å². The highest BCUT2D eigenvalue weighted by atomic mass is 32.1. The first kappa shape index (κ1) is 16.5. The van der Waals surface area contributed by atoms with E-state index in [-0.39, 0.29) is 6.04 Å². The fourth-order valence-corrected chi connectivity index (χ4v) is 4.30. The van der Waals surface area contributed by atoms with Crippen LogP contribution in [0.4, 0.5) is 0 Å². The van der Waals surface area contributed by atoms with Crippen molar-refractivity contribution >= 4 is 28.7 Å². The van der Waals surface area contributed by atoms with Crippen LogP contribution in [0, 0.1) is 0 Å². The van der Waals surface area contributed by atoms with Crippen LogP contribution in [-0.2, 0) is 12.8 Å². The van der Waals surface area contributed by atoms with Crippen LogP contribution < -0.4 is 10.6 Å². The van der Waals surface area contributed by atoms with Crippen LogP contribution in [-0.4, -0.2) is 11.2 Å². The molecule has 122 valence electrons. The van der Waals surface area contributed by atoms with Gasteiger partial charge in [0, 0.05) is 10.9 Å². The van der Waals surface area contributed by atoms with E-state index in [0.717, 1.165) is 5.11 Å². The van der Waals surface area contributed by atoms with Crippen molar-refractivity contribution in [2.45, 2.75) is 51.6 Å². The van der Waals surface area contributed by atoms with Crippen molar-refractivity contribution in [3.05, 3.63) is 57.3 Å². The van der Waals surface area contributed by atoms with Crippen LogP contribution in [0.1, 0.15) is 54.3 Å². The van der Waals surface area contributed by atoms with Gasteiger partial charge in [0.15, 0.2) is 5.11 Å². The molecule has 23 heavy (non-hydrogen) atoms. The average Bonchev–Trinajstić information content (AvgIpc) is 3.05. The predicted molar refractivity (Wildman–Crippen MR) is 103 cm³/mol. The molecular formula is C19H24N2S2. The van der Waals surface area contributed by atoms with Gasteiger partial charge in [-0.2, -0.15) is 0 Å². The second kappa shape index (κ2) is 7.45. The molecule has 0 saturated heterocycles. The van der Waals surface area contributed by atoms with Crippen LogP contribution >= 0.6 is 23.6 Å². The van der Waals surface area contributed by atoms with Gasteiger partial charge in [-0.05, 0) is 79.9 Å². The second-order valence-corrected chi connectivity index (χ2v) is 7.84. The second-order valence-electron chi connectivity index (χ2n) is 6.46. The quantitative estimate of drug-likeness (QED) is 0.793. The van der Waals surface area contributed by atoms with E-state index in [1.807, 2.05) is 0 Å². The number of aryl methyl sites for hydroxylation is 2. The van der Waals surface area contributed by atoms with Crippen molar-refractivity contribution < 1.29 is 0 Å². The minimum Gasteiger partial charge on any atom is -0.361 e. The van der Waals surface area contributed by atoms with E-state index in [4.69, 9.17) is 12.2 Å². The molecule has 1 aliphatic carbocycles. The maximum atomic E-state index is 5.48. The molecule has 0 saturated carbocycles. The molecule has 0 amide bonds. The Morgan fingerprint density at radius 1 is 1.09 bits per heavy atom. The molecule has 0 bridgehead atoms. The molecule has 1 unspecified atom stereocenters. The van der Waals surface area contributed by atoms with E-state index < -0.39 is 0 Å². The lowest BCUT2D eigenvalue weighted by atomic mass is 9.89. The molecule has 2 N–H and O–H groups in total. The molecule has 0 spiro atoms. The van der Waals surface area contributed by atoms with Crippen molar-refractivity contribution in [1.29, 1.82) is 0 Å². The van der Waals surface area contributed by atoms with E-state index in [1.54, 1.807) is 11.3 Å². The van der Waals surface area contributed by atoms with Crippen molar-refractivity contribution in [3.63, 3.8) is 0 Å². The van der Waals surface area contributed by atoms with Gasteiger partial charge in [0.05, 0.1) is 6.04 Å². The Hall–Kier alpha value is -1.39. The highest BCUT2D eigenvalue weighted by molar-refractivity contribution is 7.80. The summed E-state index contributed by atoms with van der Waals surface area (Å²) in [4.78, 5) is 1.30. The summed E-state index contributed by atoms with van der Waals surface area (Å²) in [6.07, 6.45) is 5.05. The third-order valence-corrected chi connectivity index (χ3v) is 5.40. The zero-order valence-corrected chi connectivity index (χ0v) is 15.4.